The minimum absolute atomic E-state index is 0.00610. The van der Waals surface area contributed by atoms with E-state index in [1.807, 2.05) is 0 Å². The number of halogens is 3. The predicted molar refractivity (Wildman–Crippen MR) is 78.6 cm³/mol. The summed E-state index contributed by atoms with van der Waals surface area (Å²) in [6.45, 7) is 0. The minimum Gasteiger partial charge on any atom is -0.492 e. The van der Waals surface area contributed by atoms with E-state index in [0.29, 0.717) is 5.17 Å². The third kappa shape index (κ3) is 3.23. The van der Waals surface area contributed by atoms with Gasteiger partial charge < -0.3 is 10.1 Å². The van der Waals surface area contributed by atoms with Crippen LogP contribution < -0.4 is 10.1 Å². The van der Waals surface area contributed by atoms with Crippen molar-refractivity contribution in [3.8, 4) is 5.75 Å². The highest BCUT2D eigenvalue weighted by Gasteiger charge is 2.17. The molecule has 2 rings (SSSR count). The summed E-state index contributed by atoms with van der Waals surface area (Å²) < 4.78 is 18.9. The van der Waals surface area contributed by atoms with Crippen LogP contribution in [0.2, 0.25) is 10.0 Å². The second-order valence-electron chi connectivity index (χ2n) is 3.59. The Balaban J connectivity index is 2.27. The van der Waals surface area contributed by atoms with Crippen molar-refractivity contribution in [2.45, 2.75) is 0 Å². The Hall–Kier alpha value is -1.31. The lowest BCUT2D eigenvalue weighted by molar-refractivity contribution is -0.116. The summed E-state index contributed by atoms with van der Waals surface area (Å²) in [5.41, 5.74) is 0.00610. The highest BCUT2D eigenvalue weighted by atomic mass is 35.5. The maximum absolute atomic E-state index is 14.0. The van der Waals surface area contributed by atoms with Crippen LogP contribution in [-0.4, -0.2) is 30.2 Å². The molecule has 106 valence electrons. The van der Waals surface area contributed by atoms with Gasteiger partial charge in [-0.05, 0) is 6.07 Å². The second kappa shape index (κ2) is 6.43. The number of amides is 1. The van der Waals surface area contributed by atoms with Crippen LogP contribution >= 0.6 is 35.0 Å². The SMILES string of the molecule is COc1c(Cl)cc(Cl)c(C=NN=C2NC(=O)CS2)c1F. The fraction of sp³-hybridized carbons (Fsp3) is 0.182. The Labute approximate surface area is 128 Å². The molecule has 0 atom stereocenters. The molecule has 20 heavy (non-hydrogen) atoms. The highest BCUT2D eigenvalue weighted by molar-refractivity contribution is 8.15. The third-order valence-corrected chi connectivity index (χ3v) is 3.75. The molecule has 0 aromatic heterocycles. The number of nitrogens with one attached hydrogen (secondary N) is 1. The van der Waals surface area contributed by atoms with Crippen LogP contribution in [0.15, 0.2) is 16.3 Å². The van der Waals surface area contributed by atoms with Crippen molar-refractivity contribution >= 4 is 52.3 Å². The predicted octanol–water partition coefficient (Wildman–Crippen LogP) is 2.69. The summed E-state index contributed by atoms with van der Waals surface area (Å²) in [5.74, 6) is -0.704. The molecular weight excluding hydrogens is 328 g/mol. The van der Waals surface area contributed by atoms with Gasteiger partial charge in [-0.15, -0.1) is 5.10 Å². The van der Waals surface area contributed by atoms with Gasteiger partial charge in [-0.3, -0.25) is 4.79 Å². The van der Waals surface area contributed by atoms with Gasteiger partial charge >= 0.3 is 0 Å². The molecule has 0 saturated carbocycles. The van der Waals surface area contributed by atoms with Crippen molar-refractivity contribution < 1.29 is 13.9 Å². The Morgan fingerprint density at radius 1 is 1.50 bits per heavy atom. The number of methoxy groups -OCH3 is 1. The number of benzene rings is 1. The quantitative estimate of drug-likeness (QED) is 0.682. The molecule has 1 aromatic carbocycles. The van der Waals surface area contributed by atoms with Crippen molar-refractivity contribution in [2.75, 3.05) is 12.9 Å². The lowest BCUT2D eigenvalue weighted by atomic mass is 10.2. The van der Waals surface area contributed by atoms with Crippen LogP contribution in [-0.2, 0) is 4.79 Å². The number of amidine groups is 1. The molecule has 1 saturated heterocycles. The largest absolute Gasteiger partial charge is 0.492 e. The van der Waals surface area contributed by atoms with Gasteiger partial charge in [0.2, 0.25) is 5.91 Å². The number of carbonyl (C=O) groups excluding carboxylic acids is 1. The van der Waals surface area contributed by atoms with E-state index in [-0.39, 0.29) is 33.0 Å². The maximum Gasteiger partial charge on any atom is 0.236 e. The highest BCUT2D eigenvalue weighted by Crippen LogP contribution is 2.33. The van der Waals surface area contributed by atoms with Crippen molar-refractivity contribution in [1.29, 1.82) is 0 Å². The molecule has 0 unspecified atom stereocenters. The molecule has 1 heterocycles. The summed E-state index contributed by atoms with van der Waals surface area (Å²) in [5, 5.41) is 10.4. The number of hydrogen-bond donors (Lipinski definition) is 1. The number of hydrogen-bond acceptors (Lipinski definition) is 5. The summed E-state index contributed by atoms with van der Waals surface area (Å²) in [7, 11) is 1.30. The molecule has 9 heteroatoms. The molecular formula is C11H8Cl2FN3O2S. The first kappa shape index (κ1) is 15.1. The zero-order valence-electron chi connectivity index (χ0n) is 10.1. The molecule has 1 amide bonds. The zero-order chi connectivity index (χ0) is 14.7. The van der Waals surface area contributed by atoms with Crippen LogP contribution in [0.25, 0.3) is 0 Å². The first-order valence-electron chi connectivity index (χ1n) is 5.28. The number of nitrogens with zero attached hydrogens (tertiary/aromatic N) is 2. The van der Waals surface area contributed by atoms with Gasteiger partial charge in [-0.2, -0.15) is 5.10 Å². The van der Waals surface area contributed by atoms with Crippen LogP contribution in [0.4, 0.5) is 4.39 Å². The van der Waals surface area contributed by atoms with Crippen molar-refractivity contribution in [1.82, 2.24) is 5.32 Å². The van der Waals surface area contributed by atoms with Gasteiger partial charge in [0.1, 0.15) is 0 Å². The molecule has 5 nitrogen and oxygen atoms in total. The smallest absolute Gasteiger partial charge is 0.236 e. The van der Waals surface area contributed by atoms with E-state index in [1.54, 1.807) is 0 Å². The van der Waals surface area contributed by atoms with E-state index in [2.05, 4.69) is 15.5 Å². The van der Waals surface area contributed by atoms with Crippen molar-refractivity contribution in [3.63, 3.8) is 0 Å². The van der Waals surface area contributed by atoms with Crippen LogP contribution in [0.3, 0.4) is 0 Å². The standard InChI is InChI=1S/C11H8Cl2FN3O2S/c1-19-10-7(13)2-6(12)5(9(10)14)3-15-17-11-16-8(18)4-20-11/h2-3H,4H2,1H3,(H,16,17,18). The molecule has 1 aromatic rings. The minimum atomic E-state index is -0.725. The fourth-order valence-electron chi connectivity index (χ4n) is 1.41. The topological polar surface area (TPSA) is 63.1 Å². The maximum atomic E-state index is 14.0. The van der Waals surface area contributed by atoms with E-state index in [4.69, 9.17) is 27.9 Å². The summed E-state index contributed by atoms with van der Waals surface area (Å²) >= 11 is 12.9. The van der Waals surface area contributed by atoms with E-state index < -0.39 is 5.82 Å². The lowest BCUT2D eigenvalue weighted by Gasteiger charge is -2.07. The van der Waals surface area contributed by atoms with E-state index in [0.717, 1.165) is 6.21 Å². The lowest BCUT2D eigenvalue weighted by Crippen LogP contribution is -2.19. The summed E-state index contributed by atoms with van der Waals surface area (Å²) in [4.78, 5) is 10.9. The number of ether oxygens (including phenoxy) is 1. The molecule has 0 aliphatic carbocycles. The average Bonchev–Trinajstić information content (AvgIpc) is 2.79. The Bertz CT molecular complexity index is 622. The number of thioether (sulfide) groups is 1. The molecule has 0 bridgehead atoms. The third-order valence-electron chi connectivity index (χ3n) is 2.29. The summed E-state index contributed by atoms with van der Waals surface area (Å²) in [6, 6.07) is 1.35. The van der Waals surface area contributed by atoms with E-state index >= 15 is 0 Å². The van der Waals surface area contributed by atoms with Crippen molar-refractivity contribution in [2.24, 2.45) is 10.2 Å². The fourth-order valence-corrected chi connectivity index (χ4v) is 2.61. The van der Waals surface area contributed by atoms with Gasteiger partial charge in [0.25, 0.3) is 0 Å². The van der Waals surface area contributed by atoms with Gasteiger partial charge in [-0.25, -0.2) is 4.39 Å². The summed E-state index contributed by atoms with van der Waals surface area (Å²) in [6.07, 6.45) is 1.13. The molecule has 1 N–H and O–H groups in total. The van der Waals surface area contributed by atoms with Crippen LogP contribution in [0, 0.1) is 5.82 Å². The Kier molecular flexibility index (Phi) is 4.85. The van der Waals surface area contributed by atoms with Crippen LogP contribution in [0.1, 0.15) is 5.56 Å². The Morgan fingerprint density at radius 3 is 2.85 bits per heavy atom. The van der Waals surface area contributed by atoms with Gasteiger partial charge in [0.05, 0.1) is 34.7 Å². The average molecular weight is 336 g/mol. The van der Waals surface area contributed by atoms with E-state index in [9.17, 15) is 9.18 Å². The Morgan fingerprint density at radius 2 is 2.25 bits per heavy atom. The van der Waals surface area contributed by atoms with Gasteiger partial charge in [0, 0.05) is 0 Å². The number of carbonyl (C=O) groups is 1. The molecule has 1 fully saturated rings. The zero-order valence-corrected chi connectivity index (χ0v) is 12.4. The first-order valence-corrected chi connectivity index (χ1v) is 7.02. The molecule has 1 aliphatic rings. The molecule has 0 spiro atoms. The van der Waals surface area contributed by atoms with Gasteiger partial charge in [0.15, 0.2) is 16.7 Å². The van der Waals surface area contributed by atoms with Gasteiger partial charge in [-0.1, -0.05) is 35.0 Å². The first-order chi connectivity index (χ1) is 9.52. The van der Waals surface area contributed by atoms with Crippen molar-refractivity contribution in [3.05, 3.63) is 27.5 Å². The van der Waals surface area contributed by atoms with Crippen LogP contribution in [0.5, 0.6) is 5.75 Å². The second-order valence-corrected chi connectivity index (χ2v) is 5.37. The molecule has 1 aliphatic heterocycles. The monoisotopic (exact) mass is 335 g/mol. The number of rotatable bonds is 3. The normalized spacial score (nSPS) is 17.0. The van der Waals surface area contributed by atoms with E-state index in [1.165, 1.54) is 24.9 Å². The molecule has 0 radical (unpaired) electrons.